The Morgan fingerprint density at radius 1 is 1.10 bits per heavy atom. The van der Waals surface area contributed by atoms with E-state index >= 15 is 0 Å². The number of amides is 4. The molecular formula is C21H18Cl2N2O5. The Labute approximate surface area is 183 Å². The normalized spacial score (nSPS) is 15.4. The van der Waals surface area contributed by atoms with Crippen LogP contribution in [0.5, 0.6) is 11.5 Å². The van der Waals surface area contributed by atoms with Crippen molar-refractivity contribution >= 4 is 52.8 Å². The smallest absolute Gasteiger partial charge is 0.335 e. The van der Waals surface area contributed by atoms with Gasteiger partial charge in [-0.2, -0.15) is 0 Å². The molecule has 0 bridgehead atoms. The molecule has 1 aliphatic rings. The first kappa shape index (κ1) is 21.7. The van der Waals surface area contributed by atoms with Crippen molar-refractivity contribution in [2.24, 2.45) is 0 Å². The van der Waals surface area contributed by atoms with Gasteiger partial charge in [0.2, 0.25) is 0 Å². The second kappa shape index (κ2) is 8.77. The van der Waals surface area contributed by atoms with E-state index in [4.69, 9.17) is 32.7 Å². The van der Waals surface area contributed by atoms with E-state index in [2.05, 4.69) is 5.32 Å². The molecule has 1 fully saturated rings. The zero-order chi connectivity index (χ0) is 22.0. The number of barbiturate groups is 1. The minimum atomic E-state index is -0.858. The molecule has 4 amide bonds. The molecular weight excluding hydrogens is 431 g/mol. The van der Waals surface area contributed by atoms with Gasteiger partial charge in [0.15, 0.2) is 11.5 Å². The maximum absolute atomic E-state index is 13.1. The number of halogens is 2. The van der Waals surface area contributed by atoms with Gasteiger partial charge in [-0.25, -0.2) is 9.69 Å². The molecule has 0 unspecified atom stereocenters. The maximum Gasteiger partial charge on any atom is 0.335 e. The summed E-state index contributed by atoms with van der Waals surface area (Å²) in [6.45, 7) is 3.90. The third kappa shape index (κ3) is 3.99. The van der Waals surface area contributed by atoms with E-state index in [1.807, 2.05) is 6.92 Å². The Kier molecular flexibility index (Phi) is 6.34. The summed E-state index contributed by atoms with van der Waals surface area (Å²) in [5.74, 6) is -0.809. The monoisotopic (exact) mass is 448 g/mol. The summed E-state index contributed by atoms with van der Waals surface area (Å²) in [6.07, 6.45) is 1.30. The Morgan fingerprint density at radius 3 is 2.50 bits per heavy atom. The molecule has 0 saturated carbocycles. The fraction of sp³-hybridized carbons (Fsp3) is 0.190. The first-order chi connectivity index (χ1) is 14.3. The van der Waals surface area contributed by atoms with Gasteiger partial charge < -0.3 is 9.47 Å². The van der Waals surface area contributed by atoms with Gasteiger partial charge in [0.25, 0.3) is 11.8 Å². The van der Waals surface area contributed by atoms with Crippen LogP contribution in [0.3, 0.4) is 0 Å². The quantitative estimate of drug-likeness (QED) is 0.541. The number of methoxy groups -OCH3 is 1. The summed E-state index contributed by atoms with van der Waals surface area (Å²) in [5.41, 5.74) is 0.894. The van der Waals surface area contributed by atoms with E-state index in [0.29, 0.717) is 34.3 Å². The predicted molar refractivity (Wildman–Crippen MR) is 114 cm³/mol. The Morgan fingerprint density at radius 2 is 1.83 bits per heavy atom. The third-order valence-corrected chi connectivity index (χ3v) is 5.20. The number of nitrogens with one attached hydrogen (secondary N) is 1. The van der Waals surface area contributed by atoms with Gasteiger partial charge in [-0.05, 0) is 49.2 Å². The van der Waals surface area contributed by atoms with Gasteiger partial charge >= 0.3 is 6.03 Å². The van der Waals surface area contributed by atoms with Gasteiger partial charge in [0, 0.05) is 11.1 Å². The van der Waals surface area contributed by atoms with E-state index in [1.54, 1.807) is 31.2 Å². The van der Waals surface area contributed by atoms with Crippen molar-refractivity contribution in [2.75, 3.05) is 18.6 Å². The zero-order valence-electron chi connectivity index (χ0n) is 16.4. The first-order valence-corrected chi connectivity index (χ1v) is 9.71. The lowest BCUT2D eigenvalue weighted by molar-refractivity contribution is -0.122. The number of benzene rings is 2. The molecule has 0 atom stereocenters. The van der Waals surface area contributed by atoms with Crippen LogP contribution in [0.15, 0.2) is 35.9 Å². The number of carbonyl (C=O) groups is 3. The molecule has 30 heavy (non-hydrogen) atoms. The van der Waals surface area contributed by atoms with E-state index < -0.39 is 17.8 Å². The van der Waals surface area contributed by atoms with Crippen molar-refractivity contribution in [3.8, 4) is 11.5 Å². The lowest BCUT2D eigenvalue weighted by atomic mass is 10.1. The Hall–Kier alpha value is -3.03. The maximum atomic E-state index is 13.1. The van der Waals surface area contributed by atoms with Crippen LogP contribution >= 0.6 is 23.2 Å². The van der Waals surface area contributed by atoms with Crippen molar-refractivity contribution in [1.82, 2.24) is 5.32 Å². The average Bonchev–Trinajstić information content (AvgIpc) is 2.69. The van der Waals surface area contributed by atoms with E-state index in [1.165, 1.54) is 19.3 Å². The number of hydrogen-bond acceptors (Lipinski definition) is 5. The molecule has 3 rings (SSSR count). The largest absolute Gasteiger partial charge is 0.493 e. The van der Waals surface area contributed by atoms with Crippen LogP contribution in [0.4, 0.5) is 10.5 Å². The SMILES string of the molecule is CCOc1cc(Cl)c(/C=C2\C(=O)NC(=O)N(c3cccc(Cl)c3C)C2=O)cc1OC. The lowest BCUT2D eigenvalue weighted by Gasteiger charge is -2.27. The van der Waals surface area contributed by atoms with Gasteiger partial charge in [-0.3, -0.25) is 14.9 Å². The lowest BCUT2D eigenvalue weighted by Crippen LogP contribution is -2.54. The summed E-state index contributed by atoms with van der Waals surface area (Å²) >= 11 is 12.4. The summed E-state index contributed by atoms with van der Waals surface area (Å²) in [4.78, 5) is 38.8. The number of imide groups is 2. The van der Waals surface area contributed by atoms with E-state index in [9.17, 15) is 14.4 Å². The number of anilines is 1. The second-order valence-electron chi connectivity index (χ2n) is 6.30. The Bertz CT molecular complexity index is 1080. The summed E-state index contributed by atoms with van der Waals surface area (Å²) in [7, 11) is 1.46. The van der Waals surface area contributed by atoms with Gasteiger partial charge in [0.1, 0.15) is 5.57 Å². The van der Waals surface area contributed by atoms with Crippen LogP contribution in [0.1, 0.15) is 18.1 Å². The van der Waals surface area contributed by atoms with Crippen LogP contribution in [0, 0.1) is 6.92 Å². The summed E-state index contributed by atoms with van der Waals surface area (Å²) < 4.78 is 10.8. The van der Waals surface area contributed by atoms with Crippen molar-refractivity contribution in [3.63, 3.8) is 0 Å². The number of ether oxygens (including phenoxy) is 2. The van der Waals surface area contributed by atoms with Crippen molar-refractivity contribution in [3.05, 3.63) is 57.1 Å². The van der Waals surface area contributed by atoms with Crippen LogP contribution in [-0.2, 0) is 9.59 Å². The molecule has 2 aromatic rings. The standard InChI is InChI=1S/C21H18Cl2N2O5/c1-4-30-18-10-15(23)12(9-17(18)29-3)8-13-19(26)24-21(28)25(20(13)27)16-7-5-6-14(22)11(16)2/h5-10H,4H2,1-3H3,(H,24,26,28)/b13-8+. The topological polar surface area (TPSA) is 84.9 Å². The van der Waals surface area contributed by atoms with Gasteiger partial charge in [-0.1, -0.05) is 29.3 Å². The Balaban J connectivity index is 2.08. The van der Waals surface area contributed by atoms with Crippen molar-refractivity contribution in [1.29, 1.82) is 0 Å². The molecule has 7 nitrogen and oxygen atoms in total. The van der Waals surface area contributed by atoms with Gasteiger partial charge in [0.05, 0.1) is 24.4 Å². The molecule has 0 radical (unpaired) electrons. The zero-order valence-corrected chi connectivity index (χ0v) is 17.9. The fourth-order valence-corrected chi connectivity index (χ4v) is 3.34. The van der Waals surface area contributed by atoms with Crippen LogP contribution < -0.4 is 19.7 Å². The summed E-state index contributed by atoms with van der Waals surface area (Å²) in [5, 5.41) is 2.80. The second-order valence-corrected chi connectivity index (χ2v) is 7.11. The molecule has 1 aliphatic heterocycles. The van der Waals surface area contributed by atoms with Crippen LogP contribution in [0.25, 0.3) is 6.08 Å². The molecule has 1 N–H and O–H groups in total. The van der Waals surface area contributed by atoms with E-state index in [-0.39, 0.29) is 16.3 Å². The molecule has 1 saturated heterocycles. The number of nitrogens with zero attached hydrogens (tertiary/aromatic N) is 1. The molecule has 0 spiro atoms. The summed E-state index contributed by atoms with van der Waals surface area (Å²) in [6, 6.07) is 7.04. The van der Waals surface area contributed by atoms with E-state index in [0.717, 1.165) is 4.90 Å². The fourth-order valence-electron chi connectivity index (χ4n) is 2.96. The highest BCUT2D eigenvalue weighted by atomic mass is 35.5. The minimum Gasteiger partial charge on any atom is -0.493 e. The van der Waals surface area contributed by atoms with Crippen molar-refractivity contribution < 1.29 is 23.9 Å². The average molecular weight is 449 g/mol. The minimum absolute atomic E-state index is 0.245. The predicted octanol–water partition coefficient (Wildman–Crippen LogP) is 4.38. The van der Waals surface area contributed by atoms with Gasteiger partial charge in [-0.15, -0.1) is 0 Å². The number of urea groups is 1. The van der Waals surface area contributed by atoms with Crippen LogP contribution in [-0.4, -0.2) is 31.6 Å². The van der Waals surface area contributed by atoms with Crippen LogP contribution in [0.2, 0.25) is 10.0 Å². The molecule has 0 aliphatic carbocycles. The van der Waals surface area contributed by atoms with Crippen molar-refractivity contribution in [2.45, 2.75) is 13.8 Å². The highest BCUT2D eigenvalue weighted by Gasteiger charge is 2.37. The number of rotatable bonds is 5. The third-order valence-electron chi connectivity index (χ3n) is 4.46. The number of hydrogen-bond donors (Lipinski definition) is 1. The number of carbonyl (C=O) groups excluding carboxylic acids is 3. The molecule has 156 valence electrons. The molecule has 0 aromatic heterocycles. The molecule has 2 aromatic carbocycles. The molecule has 1 heterocycles. The first-order valence-electron chi connectivity index (χ1n) is 8.95. The highest BCUT2D eigenvalue weighted by molar-refractivity contribution is 6.40. The highest BCUT2D eigenvalue weighted by Crippen LogP contribution is 2.35. The molecule has 9 heteroatoms.